The molecule has 0 bridgehead atoms. The highest BCUT2D eigenvalue weighted by Crippen LogP contribution is 2.29. The molecule has 1 fully saturated rings. The Balaban J connectivity index is 1.65. The quantitative estimate of drug-likeness (QED) is 0.868. The van der Waals surface area contributed by atoms with Crippen molar-refractivity contribution in [2.24, 2.45) is 5.92 Å². The lowest BCUT2D eigenvalue weighted by molar-refractivity contribution is -0.132. The highest BCUT2D eigenvalue weighted by atomic mass is 35.5. The Kier molecular flexibility index (Phi) is 4.81. The largest absolute Gasteiger partial charge is 0.350 e. The number of aromatic nitrogens is 1. The molecule has 1 aromatic carbocycles. The number of hydrogen-bond acceptors (Lipinski definition) is 3. The van der Waals surface area contributed by atoms with Crippen LogP contribution in [0.5, 0.6) is 0 Å². The molecule has 1 atom stereocenters. The Morgan fingerprint density at radius 2 is 2.21 bits per heavy atom. The van der Waals surface area contributed by atoms with Gasteiger partial charge in [-0.05, 0) is 43.2 Å². The zero-order valence-electron chi connectivity index (χ0n) is 13.3. The summed E-state index contributed by atoms with van der Waals surface area (Å²) >= 11 is 6.13. The fraction of sp³-hybridized carbons (Fsp3) is 0.278. The molecule has 24 heavy (non-hydrogen) atoms. The van der Waals surface area contributed by atoms with Crippen LogP contribution >= 0.6 is 11.6 Å². The highest BCUT2D eigenvalue weighted by Gasteiger charge is 2.37. The SMILES string of the molecule is Cc1ccc(N2CC[C@@H](C(=O)NCc3ccccn3)C2=O)cc1Cl. The minimum absolute atomic E-state index is 0.187. The lowest BCUT2D eigenvalue weighted by atomic mass is 10.1. The van der Waals surface area contributed by atoms with E-state index in [9.17, 15) is 9.59 Å². The molecule has 0 saturated carbocycles. The number of carbonyl (C=O) groups is 2. The molecule has 2 amide bonds. The maximum absolute atomic E-state index is 12.6. The molecule has 1 N–H and O–H groups in total. The molecule has 3 rings (SSSR count). The normalized spacial score (nSPS) is 17.2. The third-order valence-electron chi connectivity index (χ3n) is 4.16. The van der Waals surface area contributed by atoms with Crippen molar-refractivity contribution in [2.75, 3.05) is 11.4 Å². The van der Waals surface area contributed by atoms with Crippen LogP contribution in [0.15, 0.2) is 42.6 Å². The van der Waals surface area contributed by atoms with Crippen LogP contribution in [0.4, 0.5) is 5.69 Å². The molecular weight excluding hydrogens is 326 g/mol. The van der Waals surface area contributed by atoms with Gasteiger partial charge in [0.25, 0.3) is 0 Å². The fourth-order valence-electron chi connectivity index (χ4n) is 2.73. The lowest BCUT2D eigenvalue weighted by Gasteiger charge is -2.17. The van der Waals surface area contributed by atoms with Crippen LogP contribution in [-0.4, -0.2) is 23.3 Å². The van der Waals surface area contributed by atoms with E-state index in [2.05, 4.69) is 10.3 Å². The predicted octanol–water partition coefficient (Wildman–Crippen LogP) is 2.71. The molecule has 2 heterocycles. The van der Waals surface area contributed by atoms with Crippen LogP contribution in [-0.2, 0) is 16.1 Å². The average molecular weight is 344 g/mol. The van der Waals surface area contributed by atoms with Crippen LogP contribution in [0, 0.1) is 12.8 Å². The second-order valence-corrected chi connectivity index (χ2v) is 6.21. The Hall–Kier alpha value is -2.40. The molecular formula is C18H18ClN3O2. The van der Waals surface area contributed by atoms with Crippen molar-refractivity contribution in [2.45, 2.75) is 19.9 Å². The monoisotopic (exact) mass is 343 g/mol. The maximum Gasteiger partial charge on any atom is 0.239 e. The van der Waals surface area contributed by atoms with Gasteiger partial charge in [0, 0.05) is 23.5 Å². The van der Waals surface area contributed by atoms with E-state index in [0.717, 1.165) is 16.9 Å². The van der Waals surface area contributed by atoms with Gasteiger partial charge in [0.15, 0.2) is 0 Å². The van der Waals surface area contributed by atoms with Gasteiger partial charge in [-0.2, -0.15) is 0 Å². The number of benzene rings is 1. The number of halogens is 1. The van der Waals surface area contributed by atoms with E-state index in [1.165, 1.54) is 0 Å². The second-order valence-electron chi connectivity index (χ2n) is 5.80. The van der Waals surface area contributed by atoms with E-state index in [0.29, 0.717) is 24.5 Å². The molecule has 0 spiro atoms. The molecule has 1 aromatic heterocycles. The van der Waals surface area contributed by atoms with E-state index < -0.39 is 5.92 Å². The average Bonchev–Trinajstić information content (AvgIpc) is 2.98. The van der Waals surface area contributed by atoms with Crippen molar-refractivity contribution in [3.8, 4) is 0 Å². The summed E-state index contributed by atoms with van der Waals surface area (Å²) in [5.74, 6) is -1.10. The molecule has 0 aliphatic carbocycles. The van der Waals surface area contributed by atoms with Crippen molar-refractivity contribution in [3.05, 3.63) is 58.9 Å². The van der Waals surface area contributed by atoms with Gasteiger partial charge in [0.1, 0.15) is 5.92 Å². The van der Waals surface area contributed by atoms with Crippen molar-refractivity contribution >= 4 is 29.1 Å². The predicted molar refractivity (Wildman–Crippen MR) is 92.7 cm³/mol. The Labute approximate surface area is 145 Å². The molecule has 1 saturated heterocycles. The molecule has 1 aliphatic rings. The number of carbonyl (C=O) groups excluding carboxylic acids is 2. The number of pyridine rings is 1. The first kappa shape index (κ1) is 16.5. The van der Waals surface area contributed by atoms with Crippen LogP contribution in [0.3, 0.4) is 0 Å². The van der Waals surface area contributed by atoms with Gasteiger partial charge in [0.05, 0.1) is 12.2 Å². The van der Waals surface area contributed by atoms with Gasteiger partial charge in [-0.25, -0.2) is 0 Å². The van der Waals surface area contributed by atoms with E-state index in [1.807, 2.05) is 37.3 Å². The molecule has 6 heteroatoms. The summed E-state index contributed by atoms with van der Waals surface area (Å²) in [6, 6.07) is 11.0. The minimum Gasteiger partial charge on any atom is -0.350 e. The molecule has 2 aromatic rings. The lowest BCUT2D eigenvalue weighted by Crippen LogP contribution is -2.36. The summed E-state index contributed by atoms with van der Waals surface area (Å²) in [7, 11) is 0. The first-order chi connectivity index (χ1) is 11.6. The summed E-state index contributed by atoms with van der Waals surface area (Å²) in [5.41, 5.74) is 2.45. The minimum atomic E-state index is -0.659. The van der Waals surface area contributed by atoms with Crippen LogP contribution in [0.25, 0.3) is 0 Å². The standard InChI is InChI=1S/C18H18ClN3O2/c1-12-5-6-14(10-16(12)19)22-9-7-15(18(22)24)17(23)21-11-13-4-2-3-8-20-13/h2-6,8,10,15H,7,9,11H2,1H3,(H,21,23)/t15-/m0/s1. The van der Waals surface area contributed by atoms with Crippen LogP contribution < -0.4 is 10.2 Å². The van der Waals surface area contributed by atoms with E-state index in [1.54, 1.807) is 17.2 Å². The van der Waals surface area contributed by atoms with Gasteiger partial charge in [-0.15, -0.1) is 0 Å². The zero-order chi connectivity index (χ0) is 17.1. The summed E-state index contributed by atoms with van der Waals surface area (Å²) in [6.07, 6.45) is 2.17. The van der Waals surface area contributed by atoms with Gasteiger partial charge in [-0.1, -0.05) is 23.7 Å². The zero-order valence-corrected chi connectivity index (χ0v) is 14.1. The topological polar surface area (TPSA) is 62.3 Å². The van der Waals surface area contributed by atoms with Crippen molar-refractivity contribution < 1.29 is 9.59 Å². The van der Waals surface area contributed by atoms with Crippen LogP contribution in [0.1, 0.15) is 17.7 Å². The molecule has 0 radical (unpaired) electrons. The third-order valence-corrected chi connectivity index (χ3v) is 4.57. The molecule has 1 aliphatic heterocycles. The number of hydrogen-bond donors (Lipinski definition) is 1. The van der Waals surface area contributed by atoms with Gasteiger partial charge >= 0.3 is 0 Å². The van der Waals surface area contributed by atoms with E-state index in [4.69, 9.17) is 11.6 Å². The number of anilines is 1. The van der Waals surface area contributed by atoms with E-state index in [-0.39, 0.29) is 11.8 Å². The highest BCUT2D eigenvalue weighted by molar-refractivity contribution is 6.31. The van der Waals surface area contributed by atoms with Crippen molar-refractivity contribution in [1.29, 1.82) is 0 Å². The summed E-state index contributed by atoms with van der Waals surface area (Å²) in [4.78, 5) is 30.6. The number of amides is 2. The van der Waals surface area contributed by atoms with Crippen molar-refractivity contribution in [3.63, 3.8) is 0 Å². The Bertz CT molecular complexity index is 764. The summed E-state index contributed by atoms with van der Waals surface area (Å²) < 4.78 is 0. The summed E-state index contributed by atoms with van der Waals surface area (Å²) in [6.45, 7) is 2.74. The van der Waals surface area contributed by atoms with Crippen LogP contribution in [0.2, 0.25) is 5.02 Å². The molecule has 0 unspecified atom stereocenters. The van der Waals surface area contributed by atoms with Gasteiger partial charge < -0.3 is 10.2 Å². The third kappa shape index (κ3) is 3.41. The first-order valence-electron chi connectivity index (χ1n) is 7.81. The Morgan fingerprint density at radius 3 is 2.92 bits per heavy atom. The summed E-state index contributed by atoms with van der Waals surface area (Å²) in [5, 5.41) is 3.40. The smallest absolute Gasteiger partial charge is 0.239 e. The second kappa shape index (κ2) is 7.01. The number of nitrogens with one attached hydrogen (secondary N) is 1. The number of aryl methyl sites for hydroxylation is 1. The van der Waals surface area contributed by atoms with Gasteiger partial charge in [0.2, 0.25) is 11.8 Å². The number of nitrogens with zero attached hydrogens (tertiary/aromatic N) is 2. The fourth-order valence-corrected chi connectivity index (χ4v) is 2.91. The molecule has 5 nitrogen and oxygen atoms in total. The first-order valence-corrected chi connectivity index (χ1v) is 8.19. The van der Waals surface area contributed by atoms with Gasteiger partial charge in [-0.3, -0.25) is 14.6 Å². The Morgan fingerprint density at radius 1 is 1.38 bits per heavy atom. The molecule has 124 valence electrons. The maximum atomic E-state index is 12.6. The number of rotatable bonds is 4. The van der Waals surface area contributed by atoms with Crippen molar-refractivity contribution in [1.82, 2.24) is 10.3 Å². The van der Waals surface area contributed by atoms with E-state index >= 15 is 0 Å².